The van der Waals surface area contributed by atoms with Gasteiger partial charge in [-0.15, -0.1) is 0 Å². The van der Waals surface area contributed by atoms with Crippen LogP contribution in [0.25, 0.3) is 50.3 Å². The lowest BCUT2D eigenvalue weighted by Gasteiger charge is -2.15. The van der Waals surface area contributed by atoms with Crippen LogP contribution in [-0.2, 0) is 0 Å². The molecule has 162 valence electrons. The first-order valence-corrected chi connectivity index (χ1v) is 11.8. The Bertz CT molecular complexity index is 1570. The fourth-order valence-electron chi connectivity index (χ4n) is 4.66. The molecule has 0 spiro atoms. The van der Waals surface area contributed by atoms with Gasteiger partial charge in [0.15, 0.2) is 0 Å². The summed E-state index contributed by atoms with van der Waals surface area (Å²) in [5.74, 6) is 0. The van der Waals surface area contributed by atoms with E-state index in [-0.39, 0.29) is 0 Å². The standard InChI is InChI=1S/C32H22ClN/c33-28-18-16-26(17-19-28)32-30(24-12-6-2-7-13-24)22-29-20-27(23-10-4-1-5-11-23)21-31(34(29)32)25-14-8-3-9-15-25/h1-22H. The van der Waals surface area contributed by atoms with Crippen molar-refractivity contribution in [2.45, 2.75) is 0 Å². The smallest absolute Gasteiger partial charge is 0.0613 e. The van der Waals surface area contributed by atoms with Crippen molar-refractivity contribution >= 4 is 17.1 Å². The minimum atomic E-state index is 0.737. The summed E-state index contributed by atoms with van der Waals surface area (Å²) in [4.78, 5) is 0. The number of nitrogens with zero attached hydrogens (tertiary/aromatic N) is 1. The normalized spacial score (nSPS) is 11.1. The van der Waals surface area contributed by atoms with Crippen molar-refractivity contribution in [2.24, 2.45) is 0 Å². The highest BCUT2D eigenvalue weighted by atomic mass is 35.5. The van der Waals surface area contributed by atoms with Crippen LogP contribution < -0.4 is 0 Å². The van der Waals surface area contributed by atoms with E-state index in [9.17, 15) is 0 Å². The van der Waals surface area contributed by atoms with Crippen LogP contribution >= 0.6 is 11.6 Å². The molecule has 0 radical (unpaired) electrons. The summed E-state index contributed by atoms with van der Waals surface area (Å²) in [5, 5.41) is 0.737. The number of halogens is 1. The Morgan fingerprint density at radius 3 is 1.62 bits per heavy atom. The third-order valence-corrected chi connectivity index (χ3v) is 6.50. The van der Waals surface area contributed by atoms with Crippen molar-refractivity contribution in [1.82, 2.24) is 4.40 Å². The van der Waals surface area contributed by atoms with Gasteiger partial charge in [-0.3, -0.25) is 0 Å². The SMILES string of the molecule is Clc1ccc(-c2c(-c3ccccc3)cc3cc(-c4ccccc4)cc(-c4ccccc4)n23)cc1. The van der Waals surface area contributed by atoms with Crippen molar-refractivity contribution in [3.8, 4) is 44.8 Å². The maximum absolute atomic E-state index is 6.26. The first-order valence-electron chi connectivity index (χ1n) is 11.4. The van der Waals surface area contributed by atoms with Crippen molar-refractivity contribution in [3.63, 3.8) is 0 Å². The Morgan fingerprint density at radius 2 is 1.00 bits per heavy atom. The topological polar surface area (TPSA) is 4.41 Å². The molecule has 2 heteroatoms. The minimum Gasteiger partial charge on any atom is -0.309 e. The van der Waals surface area contributed by atoms with Crippen molar-refractivity contribution in [3.05, 3.63) is 138 Å². The van der Waals surface area contributed by atoms with Gasteiger partial charge in [0.1, 0.15) is 0 Å². The van der Waals surface area contributed by atoms with Gasteiger partial charge in [0.25, 0.3) is 0 Å². The fraction of sp³-hybridized carbons (Fsp3) is 0. The van der Waals surface area contributed by atoms with Gasteiger partial charge in [0.2, 0.25) is 0 Å². The van der Waals surface area contributed by atoms with E-state index in [1.54, 1.807) is 0 Å². The van der Waals surface area contributed by atoms with Crippen molar-refractivity contribution < 1.29 is 0 Å². The molecule has 2 aromatic heterocycles. The molecule has 0 aliphatic rings. The molecule has 0 bridgehead atoms. The second kappa shape index (κ2) is 8.70. The van der Waals surface area contributed by atoms with Crippen LogP contribution in [0.3, 0.4) is 0 Å². The molecule has 0 N–H and O–H groups in total. The number of fused-ring (bicyclic) bond motifs is 1. The van der Waals surface area contributed by atoms with E-state index in [1.807, 2.05) is 12.1 Å². The van der Waals surface area contributed by atoms with Gasteiger partial charge in [-0.2, -0.15) is 0 Å². The highest BCUT2D eigenvalue weighted by molar-refractivity contribution is 6.30. The molecule has 0 amide bonds. The zero-order valence-corrected chi connectivity index (χ0v) is 19.3. The average Bonchev–Trinajstić information content (AvgIpc) is 3.30. The highest BCUT2D eigenvalue weighted by Crippen LogP contribution is 2.40. The molecule has 0 saturated carbocycles. The number of rotatable bonds is 4. The van der Waals surface area contributed by atoms with E-state index < -0.39 is 0 Å². The predicted octanol–water partition coefficient (Wildman–Crippen LogP) is 9.26. The largest absolute Gasteiger partial charge is 0.309 e. The maximum Gasteiger partial charge on any atom is 0.0613 e. The lowest BCUT2D eigenvalue weighted by atomic mass is 10.0. The van der Waals surface area contributed by atoms with Gasteiger partial charge in [-0.25, -0.2) is 0 Å². The molecule has 6 rings (SSSR count). The second-order valence-corrected chi connectivity index (χ2v) is 8.84. The molecule has 0 atom stereocenters. The predicted molar refractivity (Wildman–Crippen MR) is 144 cm³/mol. The Labute approximate surface area is 204 Å². The molecule has 2 heterocycles. The summed E-state index contributed by atoms with van der Waals surface area (Å²) in [7, 11) is 0. The van der Waals surface area contributed by atoms with E-state index in [2.05, 4.69) is 126 Å². The summed E-state index contributed by atoms with van der Waals surface area (Å²) in [6.07, 6.45) is 0. The fourth-order valence-corrected chi connectivity index (χ4v) is 4.78. The molecule has 0 unspecified atom stereocenters. The van der Waals surface area contributed by atoms with Crippen LogP contribution in [0.5, 0.6) is 0 Å². The van der Waals surface area contributed by atoms with E-state index in [4.69, 9.17) is 11.6 Å². The van der Waals surface area contributed by atoms with Crippen LogP contribution in [0.4, 0.5) is 0 Å². The lowest BCUT2D eigenvalue weighted by Crippen LogP contribution is -1.96. The summed E-state index contributed by atoms with van der Waals surface area (Å²) in [6, 6.07) is 46.8. The number of aromatic nitrogens is 1. The lowest BCUT2D eigenvalue weighted by molar-refractivity contribution is 1.21. The van der Waals surface area contributed by atoms with Crippen LogP contribution in [0, 0.1) is 0 Å². The van der Waals surface area contributed by atoms with Gasteiger partial charge < -0.3 is 4.40 Å². The monoisotopic (exact) mass is 455 g/mol. The molecular formula is C32H22ClN. The van der Waals surface area contributed by atoms with Crippen LogP contribution in [-0.4, -0.2) is 4.40 Å². The molecule has 0 aliphatic carbocycles. The van der Waals surface area contributed by atoms with E-state index in [1.165, 1.54) is 27.8 Å². The molecule has 4 aromatic carbocycles. The van der Waals surface area contributed by atoms with E-state index in [0.717, 1.165) is 27.5 Å². The number of pyridine rings is 1. The summed E-state index contributed by atoms with van der Waals surface area (Å²) in [6.45, 7) is 0. The number of hydrogen-bond donors (Lipinski definition) is 0. The van der Waals surface area contributed by atoms with Gasteiger partial charge in [0, 0.05) is 16.1 Å². The van der Waals surface area contributed by atoms with Crippen LogP contribution in [0.15, 0.2) is 133 Å². The number of hydrogen-bond acceptors (Lipinski definition) is 0. The first kappa shape index (κ1) is 20.5. The number of benzene rings is 4. The molecule has 0 fully saturated rings. The van der Waals surface area contributed by atoms with Crippen molar-refractivity contribution in [1.29, 1.82) is 0 Å². The van der Waals surface area contributed by atoms with Gasteiger partial charge >= 0.3 is 0 Å². The molecular weight excluding hydrogens is 434 g/mol. The Balaban J connectivity index is 1.74. The molecule has 34 heavy (non-hydrogen) atoms. The Morgan fingerprint density at radius 1 is 0.441 bits per heavy atom. The van der Waals surface area contributed by atoms with E-state index in [0.29, 0.717) is 0 Å². The first-order chi connectivity index (χ1) is 16.8. The third-order valence-electron chi connectivity index (χ3n) is 6.24. The highest BCUT2D eigenvalue weighted by Gasteiger charge is 2.18. The van der Waals surface area contributed by atoms with Crippen molar-refractivity contribution in [2.75, 3.05) is 0 Å². The van der Waals surface area contributed by atoms with Crippen LogP contribution in [0.1, 0.15) is 0 Å². The summed E-state index contributed by atoms with van der Waals surface area (Å²) < 4.78 is 2.38. The summed E-state index contributed by atoms with van der Waals surface area (Å²) >= 11 is 6.26. The minimum absolute atomic E-state index is 0.737. The molecule has 0 saturated heterocycles. The molecule has 6 aromatic rings. The Kier molecular flexibility index (Phi) is 5.25. The second-order valence-electron chi connectivity index (χ2n) is 8.40. The van der Waals surface area contributed by atoms with Crippen LogP contribution in [0.2, 0.25) is 5.02 Å². The molecule has 1 nitrogen and oxygen atoms in total. The zero-order chi connectivity index (χ0) is 22.9. The average molecular weight is 456 g/mol. The van der Waals surface area contributed by atoms with Gasteiger partial charge in [-0.05, 0) is 58.1 Å². The zero-order valence-electron chi connectivity index (χ0n) is 18.5. The van der Waals surface area contributed by atoms with Gasteiger partial charge in [-0.1, -0.05) is 115 Å². The van der Waals surface area contributed by atoms with E-state index >= 15 is 0 Å². The Hall–Kier alpha value is -4.07. The van der Waals surface area contributed by atoms with Gasteiger partial charge in [0.05, 0.1) is 11.4 Å². The summed E-state index contributed by atoms with van der Waals surface area (Å²) in [5.41, 5.74) is 10.6. The quantitative estimate of drug-likeness (QED) is 0.249. The molecule has 0 aliphatic heterocycles. The maximum atomic E-state index is 6.26. The third kappa shape index (κ3) is 3.71.